The van der Waals surface area contributed by atoms with Crippen LogP contribution in [-0.4, -0.2) is 36.1 Å². The van der Waals surface area contributed by atoms with Crippen LogP contribution in [0.1, 0.15) is 36.5 Å². The van der Waals surface area contributed by atoms with Gasteiger partial charge in [-0.3, -0.25) is 9.69 Å². The molecule has 0 aromatic heterocycles. The average Bonchev–Trinajstić information content (AvgIpc) is 2.67. The summed E-state index contributed by atoms with van der Waals surface area (Å²) in [7, 11) is 1.79. The quantitative estimate of drug-likeness (QED) is 0.705. The summed E-state index contributed by atoms with van der Waals surface area (Å²) in [5.41, 5.74) is 4.27. The molecule has 0 heterocycles. The molecule has 0 aliphatic heterocycles. The second-order valence-electron chi connectivity index (χ2n) is 6.62. The number of hydrogen-bond acceptors (Lipinski definition) is 2. The summed E-state index contributed by atoms with van der Waals surface area (Å²) < 4.78 is 0. The largest absolute Gasteiger partial charge is 0.480 e. The molecule has 2 aromatic carbocycles. The molecule has 0 amide bonds. The molecule has 0 fully saturated rings. The van der Waals surface area contributed by atoms with E-state index in [1.54, 1.807) is 11.9 Å². The summed E-state index contributed by atoms with van der Waals surface area (Å²) in [4.78, 5) is 12.6. The Morgan fingerprint density at radius 1 is 1.11 bits per heavy atom. The maximum atomic E-state index is 10.8. The van der Waals surface area contributed by atoms with Gasteiger partial charge in [0.25, 0.3) is 0 Å². The van der Waals surface area contributed by atoms with Crippen molar-refractivity contribution in [2.24, 2.45) is 0 Å². The minimum atomic E-state index is -0.832. The molecule has 3 heteroatoms. The number of aryl methyl sites for hydroxylation is 1. The zero-order valence-corrected chi connectivity index (χ0v) is 16.1. The third-order valence-electron chi connectivity index (χ3n) is 4.21. The van der Waals surface area contributed by atoms with Crippen LogP contribution in [0.25, 0.3) is 5.57 Å². The molecule has 0 aliphatic rings. The maximum Gasteiger partial charge on any atom is 0.317 e. The van der Waals surface area contributed by atoms with E-state index in [1.165, 1.54) is 18.4 Å². The van der Waals surface area contributed by atoms with Gasteiger partial charge in [0.1, 0.15) is 0 Å². The summed E-state index contributed by atoms with van der Waals surface area (Å²) in [6, 6.07) is 18.4. The van der Waals surface area contributed by atoms with Crippen molar-refractivity contribution in [3.05, 3.63) is 77.4 Å². The molecular weight excluding hydrogens is 334 g/mol. The summed E-state index contributed by atoms with van der Waals surface area (Å²) in [5, 5.41) is 8.90. The zero-order chi connectivity index (χ0) is 19.5. The molecule has 0 atom stereocenters. The molecule has 0 saturated heterocycles. The predicted octanol–water partition coefficient (Wildman–Crippen LogP) is 4.48. The molecule has 3 nitrogen and oxygen atoms in total. The van der Waals surface area contributed by atoms with Crippen molar-refractivity contribution < 1.29 is 9.90 Å². The molecular formula is C24H27NO2. The van der Waals surface area contributed by atoms with Crippen LogP contribution in [0.15, 0.2) is 60.7 Å². The van der Waals surface area contributed by atoms with Gasteiger partial charge in [-0.2, -0.15) is 0 Å². The van der Waals surface area contributed by atoms with E-state index in [4.69, 9.17) is 5.11 Å². The number of hydrogen-bond donors (Lipinski definition) is 1. The van der Waals surface area contributed by atoms with Crippen molar-refractivity contribution in [2.45, 2.75) is 26.2 Å². The van der Waals surface area contributed by atoms with Crippen LogP contribution in [0, 0.1) is 11.8 Å². The van der Waals surface area contributed by atoms with Gasteiger partial charge in [0.2, 0.25) is 0 Å². The molecule has 2 rings (SSSR count). The molecule has 0 spiro atoms. The molecule has 0 aliphatic carbocycles. The van der Waals surface area contributed by atoms with Crippen LogP contribution in [0.2, 0.25) is 0 Å². The summed E-state index contributed by atoms with van der Waals surface area (Å²) in [5.74, 6) is 5.67. The second kappa shape index (κ2) is 11.0. The van der Waals surface area contributed by atoms with Crippen LogP contribution >= 0.6 is 0 Å². The predicted molar refractivity (Wildman–Crippen MR) is 111 cm³/mol. The first-order chi connectivity index (χ1) is 13.1. The van der Waals surface area contributed by atoms with Gasteiger partial charge in [0, 0.05) is 17.7 Å². The Bertz CT molecular complexity index is 811. The molecule has 0 radical (unpaired) electrons. The Balaban J connectivity index is 2.17. The van der Waals surface area contributed by atoms with Crippen LogP contribution in [-0.2, 0) is 11.2 Å². The van der Waals surface area contributed by atoms with Crippen LogP contribution < -0.4 is 0 Å². The molecule has 1 N–H and O–H groups in total. The van der Waals surface area contributed by atoms with E-state index in [-0.39, 0.29) is 6.54 Å². The summed E-state index contributed by atoms with van der Waals surface area (Å²) >= 11 is 0. The first kappa shape index (κ1) is 20.5. The number of carboxylic acids is 1. The number of rotatable bonds is 8. The highest BCUT2D eigenvalue weighted by Crippen LogP contribution is 2.14. The van der Waals surface area contributed by atoms with E-state index in [1.807, 2.05) is 36.4 Å². The zero-order valence-electron chi connectivity index (χ0n) is 16.1. The van der Waals surface area contributed by atoms with Crippen molar-refractivity contribution in [1.29, 1.82) is 0 Å². The van der Waals surface area contributed by atoms with Crippen LogP contribution in [0.4, 0.5) is 0 Å². The Morgan fingerprint density at radius 3 is 2.44 bits per heavy atom. The molecule has 27 heavy (non-hydrogen) atoms. The third-order valence-corrected chi connectivity index (χ3v) is 4.21. The van der Waals surface area contributed by atoms with Crippen molar-refractivity contribution in [3.8, 4) is 11.8 Å². The standard InChI is InChI=1S/C24H27NO2/c1-3-4-8-20-11-13-21(14-12-20)15-16-23(22-9-6-5-7-10-22)17-18-25(2)19-24(26)27/h5-7,9-14,17H,3-4,8,18-19H2,1-2H3,(H,26,27). The minimum absolute atomic E-state index is 0.00518. The number of nitrogens with zero attached hydrogens (tertiary/aromatic N) is 1. The SMILES string of the molecule is CCCCc1ccc(C#CC(=CCN(C)CC(=O)O)c2ccccc2)cc1. The monoisotopic (exact) mass is 361 g/mol. The number of benzene rings is 2. The van der Waals surface area contributed by atoms with Crippen molar-refractivity contribution in [3.63, 3.8) is 0 Å². The number of allylic oxidation sites excluding steroid dienone is 1. The fourth-order valence-electron chi connectivity index (χ4n) is 2.68. The fourth-order valence-corrected chi connectivity index (χ4v) is 2.68. The van der Waals surface area contributed by atoms with E-state index in [0.717, 1.165) is 23.1 Å². The van der Waals surface area contributed by atoms with E-state index >= 15 is 0 Å². The minimum Gasteiger partial charge on any atom is -0.480 e. The van der Waals surface area contributed by atoms with Gasteiger partial charge in [-0.1, -0.05) is 73.7 Å². The number of carboxylic acid groups (broad SMARTS) is 1. The van der Waals surface area contributed by atoms with Gasteiger partial charge in [-0.25, -0.2) is 0 Å². The van der Waals surface area contributed by atoms with Gasteiger partial charge in [0.05, 0.1) is 6.54 Å². The maximum absolute atomic E-state index is 10.8. The summed E-state index contributed by atoms with van der Waals surface area (Å²) in [6.45, 7) is 2.73. The van der Waals surface area contributed by atoms with E-state index in [0.29, 0.717) is 6.54 Å². The lowest BCUT2D eigenvalue weighted by molar-refractivity contribution is -0.137. The number of likely N-dealkylation sites (N-methyl/N-ethyl adjacent to an activating group) is 1. The highest BCUT2D eigenvalue weighted by atomic mass is 16.4. The van der Waals surface area contributed by atoms with Crippen molar-refractivity contribution >= 4 is 11.5 Å². The molecule has 0 unspecified atom stereocenters. The van der Waals surface area contributed by atoms with Gasteiger partial charge in [0.15, 0.2) is 0 Å². The number of aliphatic carboxylic acids is 1. The molecule has 0 bridgehead atoms. The Labute approximate surface area is 162 Å². The Morgan fingerprint density at radius 2 is 1.81 bits per heavy atom. The number of carbonyl (C=O) groups is 1. The normalized spacial score (nSPS) is 11.1. The topological polar surface area (TPSA) is 40.5 Å². The summed E-state index contributed by atoms with van der Waals surface area (Å²) in [6.07, 6.45) is 5.50. The van der Waals surface area contributed by atoms with Gasteiger partial charge in [-0.15, -0.1) is 0 Å². The van der Waals surface area contributed by atoms with Gasteiger partial charge in [-0.05, 0) is 43.1 Å². The lowest BCUT2D eigenvalue weighted by atomic mass is 10.0. The lowest BCUT2D eigenvalue weighted by Crippen LogP contribution is -2.25. The highest BCUT2D eigenvalue weighted by Gasteiger charge is 2.04. The van der Waals surface area contributed by atoms with Crippen LogP contribution in [0.3, 0.4) is 0 Å². The van der Waals surface area contributed by atoms with Gasteiger partial charge >= 0.3 is 5.97 Å². The second-order valence-corrected chi connectivity index (χ2v) is 6.62. The third kappa shape index (κ3) is 7.52. The van der Waals surface area contributed by atoms with E-state index < -0.39 is 5.97 Å². The van der Waals surface area contributed by atoms with E-state index in [9.17, 15) is 4.79 Å². The van der Waals surface area contributed by atoms with E-state index in [2.05, 4.69) is 43.0 Å². The lowest BCUT2D eigenvalue weighted by Gasteiger charge is -2.11. The molecule has 140 valence electrons. The number of unbranched alkanes of at least 4 members (excludes halogenated alkanes) is 1. The van der Waals surface area contributed by atoms with Gasteiger partial charge < -0.3 is 5.11 Å². The molecule has 0 saturated carbocycles. The fraction of sp³-hybridized carbons (Fsp3) is 0.292. The van der Waals surface area contributed by atoms with Crippen molar-refractivity contribution in [1.82, 2.24) is 4.90 Å². The molecule has 2 aromatic rings. The Kier molecular flexibility index (Phi) is 8.35. The Hall–Kier alpha value is -2.83. The first-order valence-electron chi connectivity index (χ1n) is 9.35. The highest BCUT2D eigenvalue weighted by molar-refractivity contribution is 5.79. The van der Waals surface area contributed by atoms with Crippen molar-refractivity contribution in [2.75, 3.05) is 20.1 Å². The first-order valence-corrected chi connectivity index (χ1v) is 9.35. The van der Waals surface area contributed by atoms with Crippen LogP contribution in [0.5, 0.6) is 0 Å². The average molecular weight is 361 g/mol. The smallest absolute Gasteiger partial charge is 0.317 e.